The number of nitrogens with zero attached hydrogens (tertiary/aromatic N) is 2. The smallest absolute Gasteiger partial charge is 0.0620 e. The first kappa shape index (κ1) is 13.3. The normalized spacial score (nSPS) is 35.6. The van der Waals surface area contributed by atoms with Crippen LogP contribution in [0.4, 0.5) is 0 Å². The first-order chi connectivity index (χ1) is 8.16. The number of likely N-dealkylation sites (tertiary alicyclic amines) is 1. The molecule has 0 aromatic rings. The fraction of sp³-hybridized carbons (Fsp3) is 1.00. The molecule has 4 nitrogen and oxygen atoms in total. The standard InChI is InChI=1S/C13H27N3O/c1-11-8-16(9-13(11)15(2)3)6-4-12-10-17-7-5-14-12/h11-14H,4-10H2,1-3H3. The fourth-order valence-corrected chi connectivity index (χ4v) is 3.05. The number of hydrogen-bond donors (Lipinski definition) is 1. The first-order valence-corrected chi connectivity index (χ1v) is 6.86. The Kier molecular flexibility index (Phi) is 4.79. The van der Waals surface area contributed by atoms with Crippen LogP contribution in [0.25, 0.3) is 0 Å². The van der Waals surface area contributed by atoms with Crippen LogP contribution in [0.5, 0.6) is 0 Å². The van der Waals surface area contributed by atoms with Crippen LogP contribution in [-0.2, 0) is 4.74 Å². The third-order valence-electron chi connectivity index (χ3n) is 4.10. The summed E-state index contributed by atoms with van der Waals surface area (Å²) in [6.07, 6.45) is 1.22. The van der Waals surface area contributed by atoms with Gasteiger partial charge in [0.25, 0.3) is 0 Å². The second-order valence-electron chi connectivity index (χ2n) is 5.78. The molecule has 0 aromatic heterocycles. The van der Waals surface area contributed by atoms with Gasteiger partial charge in [0, 0.05) is 31.7 Å². The lowest BCUT2D eigenvalue weighted by atomic mass is 10.1. The van der Waals surface area contributed by atoms with E-state index in [1.807, 2.05) is 0 Å². The van der Waals surface area contributed by atoms with Crippen molar-refractivity contribution in [1.29, 1.82) is 0 Å². The number of morpholine rings is 1. The van der Waals surface area contributed by atoms with E-state index in [9.17, 15) is 0 Å². The lowest BCUT2D eigenvalue weighted by Gasteiger charge is -2.26. The van der Waals surface area contributed by atoms with Gasteiger partial charge in [0.15, 0.2) is 0 Å². The maximum Gasteiger partial charge on any atom is 0.0620 e. The van der Waals surface area contributed by atoms with E-state index in [0.29, 0.717) is 6.04 Å². The summed E-state index contributed by atoms with van der Waals surface area (Å²) in [4.78, 5) is 4.97. The summed E-state index contributed by atoms with van der Waals surface area (Å²) in [6, 6.07) is 1.29. The topological polar surface area (TPSA) is 27.7 Å². The van der Waals surface area contributed by atoms with Crippen LogP contribution in [0.2, 0.25) is 0 Å². The average molecular weight is 241 g/mol. The minimum absolute atomic E-state index is 0.567. The van der Waals surface area contributed by atoms with Gasteiger partial charge in [-0.05, 0) is 33.0 Å². The quantitative estimate of drug-likeness (QED) is 0.763. The molecule has 2 saturated heterocycles. The van der Waals surface area contributed by atoms with Gasteiger partial charge >= 0.3 is 0 Å². The predicted octanol–water partition coefficient (Wildman–Crippen LogP) is 0.247. The van der Waals surface area contributed by atoms with Crippen molar-refractivity contribution < 1.29 is 4.74 Å². The van der Waals surface area contributed by atoms with E-state index >= 15 is 0 Å². The molecule has 0 amide bonds. The molecule has 100 valence electrons. The Morgan fingerprint density at radius 2 is 2.18 bits per heavy atom. The molecule has 17 heavy (non-hydrogen) atoms. The molecule has 0 spiro atoms. The maximum atomic E-state index is 5.49. The van der Waals surface area contributed by atoms with Crippen LogP contribution in [0.3, 0.4) is 0 Å². The number of ether oxygens (including phenoxy) is 1. The van der Waals surface area contributed by atoms with Crippen molar-refractivity contribution in [1.82, 2.24) is 15.1 Å². The highest BCUT2D eigenvalue weighted by Crippen LogP contribution is 2.20. The van der Waals surface area contributed by atoms with E-state index in [0.717, 1.165) is 31.7 Å². The van der Waals surface area contributed by atoms with Crippen LogP contribution in [-0.4, -0.2) is 75.4 Å². The van der Waals surface area contributed by atoms with Crippen LogP contribution < -0.4 is 5.32 Å². The summed E-state index contributed by atoms with van der Waals surface area (Å²) in [7, 11) is 4.39. The second kappa shape index (κ2) is 6.14. The van der Waals surface area contributed by atoms with E-state index in [1.165, 1.54) is 26.1 Å². The van der Waals surface area contributed by atoms with Crippen molar-refractivity contribution in [3.63, 3.8) is 0 Å². The van der Waals surface area contributed by atoms with Crippen LogP contribution >= 0.6 is 0 Å². The Hall–Kier alpha value is -0.160. The number of rotatable bonds is 4. The van der Waals surface area contributed by atoms with Gasteiger partial charge in [0.05, 0.1) is 13.2 Å². The van der Waals surface area contributed by atoms with Crippen molar-refractivity contribution >= 4 is 0 Å². The molecule has 3 atom stereocenters. The third-order valence-corrected chi connectivity index (χ3v) is 4.10. The summed E-state index contributed by atoms with van der Waals surface area (Å²) in [5, 5.41) is 3.53. The summed E-state index contributed by atoms with van der Waals surface area (Å²) in [5.41, 5.74) is 0. The van der Waals surface area contributed by atoms with Crippen LogP contribution in [0.15, 0.2) is 0 Å². The van der Waals surface area contributed by atoms with Crippen molar-refractivity contribution in [3.05, 3.63) is 0 Å². The van der Waals surface area contributed by atoms with Gasteiger partial charge in [-0.3, -0.25) is 0 Å². The molecular weight excluding hydrogens is 214 g/mol. The Morgan fingerprint density at radius 1 is 1.35 bits per heavy atom. The SMILES string of the molecule is CC1CN(CCC2COCCN2)CC1N(C)C. The summed E-state index contributed by atoms with van der Waals surface area (Å²) >= 11 is 0. The third kappa shape index (κ3) is 3.65. The van der Waals surface area contributed by atoms with E-state index in [4.69, 9.17) is 4.74 Å². The molecule has 2 aliphatic rings. The summed E-state index contributed by atoms with van der Waals surface area (Å²) in [5.74, 6) is 0.792. The highest BCUT2D eigenvalue weighted by atomic mass is 16.5. The second-order valence-corrected chi connectivity index (χ2v) is 5.78. The van der Waals surface area contributed by atoms with Gasteiger partial charge in [0.1, 0.15) is 0 Å². The molecule has 2 rings (SSSR count). The molecule has 2 heterocycles. The van der Waals surface area contributed by atoms with Gasteiger partial charge < -0.3 is 19.9 Å². The van der Waals surface area contributed by atoms with E-state index in [1.54, 1.807) is 0 Å². The van der Waals surface area contributed by atoms with Crippen LogP contribution in [0.1, 0.15) is 13.3 Å². The Bertz CT molecular complexity index is 229. The zero-order valence-corrected chi connectivity index (χ0v) is 11.5. The summed E-state index contributed by atoms with van der Waals surface area (Å²) < 4.78 is 5.49. The molecule has 2 fully saturated rings. The molecule has 4 heteroatoms. The Balaban J connectivity index is 1.70. The van der Waals surface area contributed by atoms with Crippen molar-refractivity contribution in [2.75, 3.05) is 53.5 Å². The summed E-state index contributed by atoms with van der Waals surface area (Å²) in [6.45, 7) is 8.82. The highest BCUT2D eigenvalue weighted by Gasteiger charge is 2.30. The van der Waals surface area contributed by atoms with E-state index < -0.39 is 0 Å². The minimum Gasteiger partial charge on any atom is -0.379 e. The monoisotopic (exact) mass is 241 g/mol. The van der Waals surface area contributed by atoms with Crippen molar-refractivity contribution in [3.8, 4) is 0 Å². The Labute approximate surface area is 105 Å². The number of nitrogens with one attached hydrogen (secondary N) is 1. The molecule has 0 radical (unpaired) electrons. The highest BCUT2D eigenvalue weighted by molar-refractivity contribution is 4.87. The maximum absolute atomic E-state index is 5.49. The lowest BCUT2D eigenvalue weighted by Crippen LogP contribution is -2.43. The molecule has 0 aliphatic carbocycles. The van der Waals surface area contributed by atoms with E-state index in [2.05, 4.69) is 36.1 Å². The number of likely N-dealkylation sites (N-methyl/N-ethyl adjacent to an activating group) is 1. The molecule has 0 saturated carbocycles. The average Bonchev–Trinajstić information content (AvgIpc) is 2.69. The number of hydrogen-bond acceptors (Lipinski definition) is 4. The lowest BCUT2D eigenvalue weighted by molar-refractivity contribution is 0.0707. The Morgan fingerprint density at radius 3 is 2.76 bits per heavy atom. The van der Waals surface area contributed by atoms with Gasteiger partial charge in [-0.1, -0.05) is 6.92 Å². The molecular formula is C13H27N3O. The fourth-order valence-electron chi connectivity index (χ4n) is 3.05. The van der Waals surface area contributed by atoms with Crippen molar-refractivity contribution in [2.24, 2.45) is 5.92 Å². The molecule has 0 aromatic carbocycles. The van der Waals surface area contributed by atoms with Gasteiger partial charge in [-0.25, -0.2) is 0 Å². The molecule has 2 aliphatic heterocycles. The largest absolute Gasteiger partial charge is 0.379 e. The molecule has 0 bridgehead atoms. The van der Waals surface area contributed by atoms with Gasteiger partial charge in [0.2, 0.25) is 0 Å². The van der Waals surface area contributed by atoms with E-state index in [-0.39, 0.29) is 0 Å². The van der Waals surface area contributed by atoms with Gasteiger partial charge in [-0.2, -0.15) is 0 Å². The molecule has 1 N–H and O–H groups in total. The zero-order valence-electron chi connectivity index (χ0n) is 11.5. The van der Waals surface area contributed by atoms with Crippen LogP contribution in [0, 0.1) is 5.92 Å². The zero-order chi connectivity index (χ0) is 12.3. The minimum atomic E-state index is 0.567. The first-order valence-electron chi connectivity index (χ1n) is 6.86. The molecule has 3 unspecified atom stereocenters. The predicted molar refractivity (Wildman–Crippen MR) is 70.3 cm³/mol. The van der Waals surface area contributed by atoms with Crippen molar-refractivity contribution in [2.45, 2.75) is 25.4 Å². The van der Waals surface area contributed by atoms with Gasteiger partial charge in [-0.15, -0.1) is 0 Å².